The second-order valence-corrected chi connectivity index (χ2v) is 3.04. The van der Waals surface area contributed by atoms with Crippen molar-refractivity contribution in [3.05, 3.63) is 35.6 Å². The van der Waals surface area contributed by atoms with Gasteiger partial charge >= 0.3 is 5.97 Å². The maximum absolute atomic E-state index is 12.6. The Morgan fingerprint density at radius 2 is 1.81 bits per heavy atom. The van der Waals surface area contributed by atoms with Crippen LogP contribution in [0.5, 0.6) is 0 Å². The number of hydrogen-bond acceptors (Lipinski definition) is 2. The highest BCUT2D eigenvalue weighted by molar-refractivity contribution is 5.77. The van der Waals surface area contributed by atoms with Crippen LogP contribution in [0, 0.1) is 5.82 Å². The largest absolute Gasteiger partial charge is 0.469 e. The highest BCUT2D eigenvalue weighted by Crippen LogP contribution is 2.20. The van der Waals surface area contributed by atoms with Gasteiger partial charge in [-0.2, -0.15) is 0 Å². The molecule has 0 bridgehead atoms. The van der Waals surface area contributed by atoms with Crippen LogP contribution in [-0.4, -0.2) is 13.1 Å². The number of esters is 1. The van der Waals surface area contributed by atoms with Gasteiger partial charge in [0.2, 0.25) is 0 Å². The summed E-state index contributed by atoms with van der Waals surface area (Å²) in [5, 5.41) is 0. The van der Waals surface area contributed by atoms with Gasteiger partial charge in [0, 0.05) is 0 Å². The summed E-state index contributed by atoms with van der Waals surface area (Å²) in [4.78, 5) is 11.3. The summed E-state index contributed by atoms with van der Waals surface area (Å²) in [5.74, 6) is -0.867. The van der Waals surface area contributed by atoms with Gasteiger partial charge < -0.3 is 4.74 Å². The van der Waals surface area contributed by atoms with Crippen molar-refractivity contribution < 1.29 is 13.9 Å². The molecular formula is C13H19FO2. The molecule has 0 fully saturated rings. The molecule has 0 heterocycles. The molecule has 1 rings (SSSR count). The molecule has 1 aromatic rings. The first kappa shape index (κ1) is 14.6. The number of ether oxygens (including phenoxy) is 1. The van der Waals surface area contributed by atoms with Gasteiger partial charge in [-0.25, -0.2) is 4.39 Å². The van der Waals surface area contributed by atoms with Crippen LogP contribution in [0.15, 0.2) is 24.3 Å². The Morgan fingerprint density at radius 3 is 2.19 bits per heavy atom. The van der Waals surface area contributed by atoms with E-state index in [1.807, 2.05) is 20.8 Å². The van der Waals surface area contributed by atoms with Crippen LogP contribution >= 0.6 is 0 Å². The molecule has 0 spiro atoms. The molecule has 0 aliphatic carbocycles. The third-order valence-electron chi connectivity index (χ3n) is 2.17. The lowest BCUT2D eigenvalue weighted by Crippen LogP contribution is -2.13. The van der Waals surface area contributed by atoms with E-state index in [-0.39, 0.29) is 17.7 Å². The lowest BCUT2D eigenvalue weighted by Gasteiger charge is -2.12. The van der Waals surface area contributed by atoms with E-state index in [2.05, 4.69) is 4.74 Å². The molecular weight excluding hydrogens is 207 g/mol. The Kier molecular flexibility index (Phi) is 7.18. The Morgan fingerprint density at radius 1 is 1.31 bits per heavy atom. The standard InChI is InChI=1S/C11H13FO2.C2H6/c1-3-10(11(13)14-2)8-4-6-9(12)7-5-8;1-2/h4-7,10H,3H2,1-2H3;1-2H3. The van der Waals surface area contributed by atoms with Gasteiger partial charge in [0.1, 0.15) is 5.82 Å². The lowest BCUT2D eigenvalue weighted by molar-refractivity contribution is -0.142. The molecule has 0 aliphatic rings. The number of methoxy groups -OCH3 is 1. The summed E-state index contributed by atoms with van der Waals surface area (Å²) in [5.41, 5.74) is 0.792. The van der Waals surface area contributed by atoms with Gasteiger partial charge in [0.25, 0.3) is 0 Å². The van der Waals surface area contributed by atoms with Gasteiger partial charge in [-0.1, -0.05) is 32.9 Å². The zero-order chi connectivity index (χ0) is 12.6. The van der Waals surface area contributed by atoms with E-state index in [9.17, 15) is 9.18 Å². The van der Waals surface area contributed by atoms with E-state index >= 15 is 0 Å². The second kappa shape index (κ2) is 7.85. The molecule has 0 N–H and O–H groups in total. The van der Waals surface area contributed by atoms with Crippen LogP contribution in [0.2, 0.25) is 0 Å². The molecule has 0 amide bonds. The topological polar surface area (TPSA) is 26.3 Å². The fourth-order valence-electron chi connectivity index (χ4n) is 1.38. The summed E-state index contributed by atoms with van der Waals surface area (Å²) in [6, 6.07) is 5.92. The van der Waals surface area contributed by atoms with Gasteiger partial charge in [-0.15, -0.1) is 0 Å². The minimum absolute atomic E-state index is 0.279. The number of hydrogen-bond donors (Lipinski definition) is 0. The third kappa shape index (κ3) is 4.01. The molecule has 1 aromatic carbocycles. The zero-order valence-corrected chi connectivity index (χ0v) is 10.3. The van der Waals surface area contributed by atoms with Crippen LogP contribution in [0.25, 0.3) is 0 Å². The molecule has 2 nitrogen and oxygen atoms in total. The first-order valence-electron chi connectivity index (χ1n) is 5.52. The summed E-state index contributed by atoms with van der Waals surface area (Å²) in [7, 11) is 1.36. The predicted octanol–water partition coefficient (Wildman–Crippen LogP) is 3.52. The Bertz CT molecular complexity index is 306. The molecule has 0 aromatic heterocycles. The van der Waals surface area contributed by atoms with Crippen LogP contribution in [-0.2, 0) is 9.53 Å². The first-order valence-corrected chi connectivity index (χ1v) is 5.52. The maximum Gasteiger partial charge on any atom is 0.313 e. The van der Waals surface area contributed by atoms with E-state index < -0.39 is 0 Å². The van der Waals surface area contributed by atoms with Crippen LogP contribution < -0.4 is 0 Å². The van der Waals surface area contributed by atoms with Gasteiger partial charge in [-0.3, -0.25) is 4.79 Å². The summed E-state index contributed by atoms with van der Waals surface area (Å²) in [6.45, 7) is 5.89. The van der Waals surface area contributed by atoms with E-state index in [1.165, 1.54) is 19.2 Å². The Hall–Kier alpha value is -1.38. The predicted molar refractivity (Wildman–Crippen MR) is 62.8 cm³/mol. The number of carbonyl (C=O) groups excluding carboxylic acids is 1. The quantitative estimate of drug-likeness (QED) is 0.737. The van der Waals surface area contributed by atoms with Gasteiger partial charge in [0.15, 0.2) is 0 Å². The third-order valence-corrected chi connectivity index (χ3v) is 2.17. The van der Waals surface area contributed by atoms with Gasteiger partial charge in [-0.05, 0) is 24.1 Å². The summed E-state index contributed by atoms with van der Waals surface area (Å²) in [6.07, 6.45) is 0.651. The molecule has 16 heavy (non-hydrogen) atoms. The molecule has 1 atom stereocenters. The fraction of sp³-hybridized carbons (Fsp3) is 0.462. The average Bonchev–Trinajstić information content (AvgIpc) is 2.34. The molecule has 3 heteroatoms. The highest BCUT2D eigenvalue weighted by atomic mass is 19.1. The molecule has 0 saturated heterocycles. The molecule has 0 aliphatic heterocycles. The average molecular weight is 226 g/mol. The first-order chi connectivity index (χ1) is 7.69. The SMILES string of the molecule is CC.CCC(C(=O)OC)c1ccc(F)cc1. The van der Waals surface area contributed by atoms with Crippen LogP contribution in [0.4, 0.5) is 4.39 Å². The number of benzene rings is 1. The minimum atomic E-state index is -0.298. The van der Waals surface area contributed by atoms with Crippen LogP contribution in [0.3, 0.4) is 0 Å². The van der Waals surface area contributed by atoms with Crippen molar-refractivity contribution in [2.24, 2.45) is 0 Å². The minimum Gasteiger partial charge on any atom is -0.469 e. The van der Waals surface area contributed by atoms with Crippen molar-refractivity contribution in [1.82, 2.24) is 0 Å². The molecule has 90 valence electrons. The van der Waals surface area contributed by atoms with Crippen molar-refractivity contribution in [3.63, 3.8) is 0 Å². The second-order valence-electron chi connectivity index (χ2n) is 3.04. The van der Waals surface area contributed by atoms with Crippen molar-refractivity contribution >= 4 is 5.97 Å². The summed E-state index contributed by atoms with van der Waals surface area (Å²) < 4.78 is 17.3. The number of rotatable bonds is 3. The molecule has 0 saturated carbocycles. The maximum atomic E-state index is 12.6. The Balaban J connectivity index is 0.00000106. The van der Waals surface area contributed by atoms with Gasteiger partial charge in [0.05, 0.1) is 13.0 Å². The van der Waals surface area contributed by atoms with Crippen molar-refractivity contribution in [1.29, 1.82) is 0 Å². The summed E-state index contributed by atoms with van der Waals surface area (Å²) >= 11 is 0. The molecule has 0 radical (unpaired) electrons. The zero-order valence-electron chi connectivity index (χ0n) is 10.3. The normalized spacial score (nSPS) is 11.1. The van der Waals surface area contributed by atoms with Crippen molar-refractivity contribution in [2.75, 3.05) is 7.11 Å². The number of carbonyl (C=O) groups is 1. The molecule has 1 unspecified atom stereocenters. The van der Waals surface area contributed by atoms with Crippen molar-refractivity contribution in [3.8, 4) is 0 Å². The Labute approximate surface area is 96.4 Å². The van der Waals surface area contributed by atoms with E-state index in [0.29, 0.717) is 6.42 Å². The van der Waals surface area contributed by atoms with E-state index in [4.69, 9.17) is 0 Å². The number of halogens is 1. The monoisotopic (exact) mass is 226 g/mol. The van der Waals surface area contributed by atoms with Crippen molar-refractivity contribution in [2.45, 2.75) is 33.1 Å². The fourth-order valence-corrected chi connectivity index (χ4v) is 1.38. The van der Waals surface area contributed by atoms with Crippen LogP contribution in [0.1, 0.15) is 38.7 Å². The van der Waals surface area contributed by atoms with E-state index in [0.717, 1.165) is 5.56 Å². The van der Waals surface area contributed by atoms with E-state index in [1.54, 1.807) is 12.1 Å². The highest BCUT2D eigenvalue weighted by Gasteiger charge is 2.18. The smallest absolute Gasteiger partial charge is 0.313 e. The lowest BCUT2D eigenvalue weighted by atomic mass is 9.97.